The second kappa shape index (κ2) is 11.5. The van der Waals surface area contributed by atoms with Gasteiger partial charge in [0.2, 0.25) is 5.91 Å². The summed E-state index contributed by atoms with van der Waals surface area (Å²) in [4.78, 5) is 19.3. The minimum Gasteiger partial charge on any atom is -0.357 e. The summed E-state index contributed by atoms with van der Waals surface area (Å²) < 4.78 is 1.92. The van der Waals surface area contributed by atoms with Crippen LogP contribution in [-0.2, 0) is 24.7 Å². The maximum atomic E-state index is 12.9. The first-order valence-corrected chi connectivity index (χ1v) is 10.8. The maximum Gasteiger partial charge on any atom is 0.248 e. The van der Waals surface area contributed by atoms with E-state index in [0.717, 1.165) is 43.7 Å². The van der Waals surface area contributed by atoms with Crippen molar-refractivity contribution in [3.63, 3.8) is 0 Å². The number of guanidine groups is 1. The van der Waals surface area contributed by atoms with Crippen molar-refractivity contribution >= 4 is 41.5 Å². The average Bonchev–Trinajstić information content (AvgIpc) is 2.97. The number of aromatic nitrogens is 2. The lowest BCUT2D eigenvalue weighted by Crippen LogP contribution is -2.44. The molecule has 2 aromatic rings. The molecule has 1 aromatic carbocycles. The fraction of sp³-hybridized carbons (Fsp3) is 0.522. The van der Waals surface area contributed by atoms with Crippen molar-refractivity contribution in [3.05, 3.63) is 46.8 Å². The van der Waals surface area contributed by atoms with Crippen LogP contribution < -0.4 is 15.5 Å². The van der Waals surface area contributed by atoms with Crippen LogP contribution in [0.3, 0.4) is 0 Å². The number of hydrogen-bond acceptors (Lipinski definition) is 3. The Kier molecular flexibility index (Phi) is 9.33. The Labute approximate surface area is 202 Å². The van der Waals surface area contributed by atoms with Crippen LogP contribution in [0.15, 0.2) is 29.3 Å². The molecule has 1 aliphatic heterocycles. The molecule has 1 aromatic heterocycles. The van der Waals surface area contributed by atoms with Crippen LogP contribution in [0, 0.1) is 13.8 Å². The number of nitrogens with zero attached hydrogens (tertiary/aromatic N) is 4. The Morgan fingerprint density at radius 3 is 2.71 bits per heavy atom. The Morgan fingerprint density at radius 2 is 2.03 bits per heavy atom. The number of aryl methyl sites for hydroxylation is 3. The molecule has 0 spiro atoms. The van der Waals surface area contributed by atoms with Crippen molar-refractivity contribution in [2.45, 2.75) is 53.0 Å². The zero-order valence-corrected chi connectivity index (χ0v) is 21.6. The second-order valence-electron chi connectivity index (χ2n) is 8.00. The lowest BCUT2D eigenvalue weighted by Gasteiger charge is -2.29. The summed E-state index contributed by atoms with van der Waals surface area (Å²) in [6.45, 7) is 9.91. The third-order valence-corrected chi connectivity index (χ3v) is 5.68. The van der Waals surface area contributed by atoms with E-state index in [-0.39, 0.29) is 42.5 Å². The lowest BCUT2D eigenvalue weighted by atomic mass is 10.0. The number of amides is 1. The highest BCUT2D eigenvalue weighted by molar-refractivity contribution is 14.0. The highest BCUT2D eigenvalue weighted by atomic mass is 127. The summed E-state index contributed by atoms with van der Waals surface area (Å²) in [5.41, 5.74) is 5.76. The molecule has 1 unspecified atom stereocenters. The van der Waals surface area contributed by atoms with Gasteiger partial charge in [-0.25, -0.2) is 4.99 Å². The van der Waals surface area contributed by atoms with Crippen molar-refractivity contribution in [2.75, 3.05) is 24.5 Å². The summed E-state index contributed by atoms with van der Waals surface area (Å²) in [5, 5.41) is 11.2. The van der Waals surface area contributed by atoms with Gasteiger partial charge in [0, 0.05) is 37.6 Å². The van der Waals surface area contributed by atoms with Crippen LogP contribution in [-0.4, -0.2) is 47.3 Å². The molecule has 0 saturated carbocycles. The molecule has 31 heavy (non-hydrogen) atoms. The van der Waals surface area contributed by atoms with Crippen LogP contribution >= 0.6 is 24.0 Å². The Bertz CT molecular complexity index is 923. The normalized spacial score (nSPS) is 14.5. The van der Waals surface area contributed by atoms with E-state index in [0.29, 0.717) is 5.96 Å². The van der Waals surface area contributed by atoms with E-state index < -0.39 is 0 Å². The number of rotatable bonds is 6. The topological polar surface area (TPSA) is 74.6 Å². The van der Waals surface area contributed by atoms with Gasteiger partial charge in [0.1, 0.15) is 6.54 Å². The smallest absolute Gasteiger partial charge is 0.248 e. The van der Waals surface area contributed by atoms with Gasteiger partial charge in [0.05, 0.1) is 5.69 Å². The number of carbonyl (C=O) groups excluding carboxylic acids is 1. The predicted octanol–water partition coefficient (Wildman–Crippen LogP) is 3.12. The van der Waals surface area contributed by atoms with E-state index in [1.54, 1.807) is 0 Å². The zero-order valence-electron chi connectivity index (χ0n) is 19.2. The molecule has 2 heterocycles. The van der Waals surface area contributed by atoms with Crippen LogP contribution in [0.4, 0.5) is 5.69 Å². The van der Waals surface area contributed by atoms with E-state index in [1.807, 2.05) is 48.7 Å². The van der Waals surface area contributed by atoms with E-state index in [1.165, 1.54) is 16.8 Å². The molecule has 0 aliphatic carbocycles. The van der Waals surface area contributed by atoms with Crippen molar-refractivity contribution < 1.29 is 4.79 Å². The van der Waals surface area contributed by atoms with Crippen LogP contribution in [0.1, 0.15) is 42.8 Å². The summed E-state index contributed by atoms with van der Waals surface area (Å²) in [6.07, 6.45) is 2.87. The lowest BCUT2D eigenvalue weighted by molar-refractivity contribution is -0.117. The predicted molar refractivity (Wildman–Crippen MR) is 137 cm³/mol. The summed E-state index contributed by atoms with van der Waals surface area (Å²) >= 11 is 0. The molecule has 170 valence electrons. The van der Waals surface area contributed by atoms with E-state index >= 15 is 0 Å². The number of para-hydroxylation sites is 1. The summed E-state index contributed by atoms with van der Waals surface area (Å²) in [7, 11) is 1.97. The zero-order chi connectivity index (χ0) is 21.7. The van der Waals surface area contributed by atoms with Gasteiger partial charge in [-0.3, -0.25) is 9.48 Å². The number of aliphatic imine (C=N–C) groups is 1. The van der Waals surface area contributed by atoms with Gasteiger partial charge in [-0.05, 0) is 64.2 Å². The molecule has 2 N–H and O–H groups in total. The number of fused-ring (bicyclic) bond motifs is 1. The highest BCUT2D eigenvalue weighted by Gasteiger charge is 2.22. The number of halogens is 1. The monoisotopic (exact) mass is 538 g/mol. The first-order valence-electron chi connectivity index (χ1n) is 10.8. The second-order valence-corrected chi connectivity index (χ2v) is 8.00. The number of nitrogens with one attached hydrogen (secondary N) is 2. The van der Waals surface area contributed by atoms with Crippen molar-refractivity contribution in [3.8, 4) is 0 Å². The molecule has 0 saturated heterocycles. The molecule has 1 atom stereocenters. The third-order valence-electron chi connectivity index (χ3n) is 5.68. The van der Waals surface area contributed by atoms with Gasteiger partial charge in [-0.2, -0.15) is 5.10 Å². The van der Waals surface area contributed by atoms with E-state index in [2.05, 4.69) is 40.6 Å². The van der Waals surface area contributed by atoms with E-state index in [4.69, 9.17) is 0 Å². The molecule has 8 heteroatoms. The molecular weight excluding hydrogens is 503 g/mol. The first-order chi connectivity index (χ1) is 14.4. The largest absolute Gasteiger partial charge is 0.357 e. The first kappa shape index (κ1) is 25.2. The minimum atomic E-state index is 0. The molecule has 0 fully saturated rings. The van der Waals surface area contributed by atoms with Gasteiger partial charge in [0.15, 0.2) is 5.96 Å². The summed E-state index contributed by atoms with van der Waals surface area (Å²) in [5.74, 6) is 0.703. The van der Waals surface area contributed by atoms with E-state index in [9.17, 15) is 4.79 Å². The molecule has 7 nitrogen and oxygen atoms in total. The van der Waals surface area contributed by atoms with Crippen molar-refractivity contribution in [1.82, 2.24) is 20.4 Å². The molecule has 0 bridgehead atoms. The Morgan fingerprint density at radius 1 is 1.29 bits per heavy atom. The Hall–Kier alpha value is -2.10. The fourth-order valence-corrected chi connectivity index (χ4v) is 4.05. The van der Waals surface area contributed by atoms with Gasteiger partial charge in [-0.15, -0.1) is 24.0 Å². The fourth-order valence-electron chi connectivity index (χ4n) is 4.05. The average molecular weight is 538 g/mol. The van der Waals surface area contributed by atoms with Gasteiger partial charge in [0.25, 0.3) is 0 Å². The standard InChI is InChI=1S/C23H34N6O.HI/c1-6-24-23(26-16(2)14-20-17(3)27-28(5)18(20)4)25-15-22(30)29-13-9-11-19-10-7-8-12-21(19)29;/h7-8,10,12,16H,6,9,11,13-15H2,1-5H3,(H2,24,25,26);1H. The van der Waals surface area contributed by atoms with Gasteiger partial charge >= 0.3 is 0 Å². The summed E-state index contributed by atoms with van der Waals surface area (Å²) in [6, 6.07) is 8.32. The van der Waals surface area contributed by atoms with Gasteiger partial charge in [-0.1, -0.05) is 18.2 Å². The van der Waals surface area contributed by atoms with Crippen LogP contribution in [0.2, 0.25) is 0 Å². The molecule has 3 rings (SSSR count). The Balaban J connectivity index is 0.00000341. The maximum absolute atomic E-state index is 12.9. The van der Waals surface area contributed by atoms with Crippen LogP contribution in [0.5, 0.6) is 0 Å². The number of anilines is 1. The highest BCUT2D eigenvalue weighted by Crippen LogP contribution is 2.26. The molecule has 1 amide bonds. The molecular formula is C23H35IN6O. The third kappa shape index (κ3) is 6.21. The molecule has 1 aliphatic rings. The van der Waals surface area contributed by atoms with Gasteiger partial charge < -0.3 is 15.5 Å². The minimum absolute atomic E-state index is 0. The number of carbonyl (C=O) groups is 1. The number of hydrogen-bond donors (Lipinski definition) is 2. The molecule has 0 radical (unpaired) electrons. The van der Waals surface area contributed by atoms with Crippen LogP contribution in [0.25, 0.3) is 0 Å². The SMILES string of the molecule is CCNC(=NCC(=O)N1CCCc2ccccc21)NC(C)Cc1c(C)nn(C)c1C.I. The quantitative estimate of drug-likeness (QED) is 0.337. The number of benzene rings is 1. The van der Waals surface area contributed by atoms with Crippen molar-refractivity contribution in [1.29, 1.82) is 0 Å². The van der Waals surface area contributed by atoms with Crippen molar-refractivity contribution in [2.24, 2.45) is 12.0 Å².